The standard InChI is InChI=1S/C17H33N7.HI/c1-18-17(19-8-11-24-9-6-5-7-10-24)20-13-16(22(2)3)15-12-21-23(4)14-15;/h12,14,16H,5-11,13H2,1-4H3,(H2,18,19,20);1H. The van der Waals surface area contributed by atoms with Crippen molar-refractivity contribution in [3.63, 3.8) is 0 Å². The average molecular weight is 463 g/mol. The van der Waals surface area contributed by atoms with Gasteiger partial charge >= 0.3 is 0 Å². The first-order valence-electron chi connectivity index (χ1n) is 8.92. The topological polar surface area (TPSA) is 60.7 Å². The Morgan fingerprint density at radius 1 is 1.28 bits per heavy atom. The van der Waals surface area contributed by atoms with Crippen LogP contribution in [0.15, 0.2) is 17.4 Å². The third-order valence-corrected chi connectivity index (χ3v) is 4.59. The van der Waals surface area contributed by atoms with E-state index in [1.807, 2.05) is 25.0 Å². The Labute approximate surface area is 169 Å². The maximum Gasteiger partial charge on any atom is 0.191 e. The molecule has 144 valence electrons. The summed E-state index contributed by atoms with van der Waals surface area (Å²) in [4.78, 5) is 9.07. The number of hydrogen-bond donors (Lipinski definition) is 2. The van der Waals surface area contributed by atoms with Crippen LogP contribution in [0.3, 0.4) is 0 Å². The molecule has 1 aliphatic heterocycles. The molecule has 1 aromatic rings. The Balaban J connectivity index is 0.00000312. The molecule has 7 nitrogen and oxygen atoms in total. The van der Waals surface area contributed by atoms with Gasteiger partial charge in [0.1, 0.15) is 0 Å². The monoisotopic (exact) mass is 463 g/mol. The molecule has 0 radical (unpaired) electrons. The molecular formula is C17H34IN7. The van der Waals surface area contributed by atoms with Gasteiger partial charge in [0.25, 0.3) is 0 Å². The predicted octanol–water partition coefficient (Wildman–Crippen LogP) is 1.29. The van der Waals surface area contributed by atoms with Crippen LogP contribution < -0.4 is 10.6 Å². The Morgan fingerprint density at radius 2 is 2.00 bits per heavy atom. The normalized spacial score (nSPS) is 17.2. The molecule has 2 N–H and O–H groups in total. The molecule has 1 saturated heterocycles. The van der Waals surface area contributed by atoms with Crippen LogP contribution in [-0.4, -0.2) is 79.4 Å². The van der Waals surface area contributed by atoms with E-state index in [-0.39, 0.29) is 30.0 Å². The molecule has 0 amide bonds. The predicted molar refractivity (Wildman–Crippen MR) is 115 cm³/mol. The smallest absolute Gasteiger partial charge is 0.191 e. The lowest BCUT2D eigenvalue weighted by Gasteiger charge is -2.27. The Kier molecular flexibility index (Phi) is 10.4. The van der Waals surface area contributed by atoms with Crippen LogP contribution in [0.4, 0.5) is 0 Å². The quantitative estimate of drug-likeness (QED) is 0.363. The summed E-state index contributed by atoms with van der Waals surface area (Å²) >= 11 is 0. The van der Waals surface area contributed by atoms with Crippen LogP contribution in [0.25, 0.3) is 0 Å². The van der Waals surface area contributed by atoms with E-state index in [2.05, 4.69) is 50.8 Å². The fourth-order valence-corrected chi connectivity index (χ4v) is 3.14. The van der Waals surface area contributed by atoms with E-state index in [1.54, 1.807) is 0 Å². The summed E-state index contributed by atoms with van der Waals surface area (Å²) in [5, 5.41) is 11.1. The lowest BCUT2D eigenvalue weighted by atomic mass is 10.1. The van der Waals surface area contributed by atoms with Gasteiger partial charge in [-0.2, -0.15) is 5.10 Å². The molecule has 0 saturated carbocycles. The van der Waals surface area contributed by atoms with Crippen molar-refractivity contribution >= 4 is 29.9 Å². The highest BCUT2D eigenvalue weighted by Gasteiger charge is 2.16. The van der Waals surface area contributed by atoms with E-state index in [4.69, 9.17) is 0 Å². The first-order chi connectivity index (χ1) is 11.6. The van der Waals surface area contributed by atoms with Gasteiger partial charge in [0, 0.05) is 45.5 Å². The number of guanidine groups is 1. The second-order valence-corrected chi connectivity index (χ2v) is 6.71. The zero-order valence-corrected chi connectivity index (χ0v) is 18.4. The average Bonchev–Trinajstić information content (AvgIpc) is 3.00. The van der Waals surface area contributed by atoms with Crippen molar-refractivity contribution in [1.82, 2.24) is 30.2 Å². The van der Waals surface area contributed by atoms with Crippen molar-refractivity contribution in [3.05, 3.63) is 18.0 Å². The van der Waals surface area contributed by atoms with Crippen molar-refractivity contribution in [3.8, 4) is 0 Å². The van der Waals surface area contributed by atoms with Crippen LogP contribution in [0.2, 0.25) is 0 Å². The molecule has 2 heterocycles. The maximum absolute atomic E-state index is 4.34. The van der Waals surface area contributed by atoms with E-state index in [9.17, 15) is 0 Å². The number of likely N-dealkylation sites (N-methyl/N-ethyl adjacent to an activating group) is 1. The summed E-state index contributed by atoms with van der Waals surface area (Å²) in [5.74, 6) is 0.864. The minimum absolute atomic E-state index is 0. The number of nitrogens with zero attached hydrogens (tertiary/aromatic N) is 5. The molecule has 0 spiro atoms. The fraction of sp³-hybridized carbons (Fsp3) is 0.765. The second-order valence-electron chi connectivity index (χ2n) is 6.71. The first-order valence-corrected chi connectivity index (χ1v) is 8.92. The molecule has 2 rings (SSSR count). The van der Waals surface area contributed by atoms with Gasteiger partial charge in [-0.15, -0.1) is 24.0 Å². The summed E-state index contributed by atoms with van der Waals surface area (Å²) in [6, 6.07) is 0.263. The number of halogens is 1. The molecule has 25 heavy (non-hydrogen) atoms. The van der Waals surface area contributed by atoms with E-state index in [0.717, 1.165) is 25.6 Å². The number of aliphatic imine (C=N–C) groups is 1. The highest BCUT2D eigenvalue weighted by atomic mass is 127. The van der Waals surface area contributed by atoms with Crippen molar-refractivity contribution in [2.45, 2.75) is 25.3 Å². The number of likely N-dealkylation sites (tertiary alicyclic amines) is 1. The van der Waals surface area contributed by atoms with Gasteiger partial charge in [-0.05, 0) is 40.0 Å². The van der Waals surface area contributed by atoms with Crippen molar-refractivity contribution < 1.29 is 0 Å². The van der Waals surface area contributed by atoms with E-state index in [0.29, 0.717) is 0 Å². The summed E-state index contributed by atoms with van der Waals surface area (Å²) in [7, 11) is 7.95. The van der Waals surface area contributed by atoms with E-state index >= 15 is 0 Å². The molecule has 0 aliphatic carbocycles. The lowest BCUT2D eigenvalue weighted by Crippen LogP contribution is -2.44. The highest BCUT2D eigenvalue weighted by molar-refractivity contribution is 14.0. The SMILES string of the molecule is CN=C(NCCN1CCCCC1)NCC(c1cnn(C)c1)N(C)C.I. The molecule has 0 bridgehead atoms. The zero-order valence-electron chi connectivity index (χ0n) is 16.0. The van der Waals surface area contributed by atoms with Crippen molar-refractivity contribution in [2.75, 3.05) is 53.9 Å². The minimum Gasteiger partial charge on any atom is -0.355 e. The van der Waals surface area contributed by atoms with Crippen LogP contribution in [-0.2, 0) is 7.05 Å². The molecular weight excluding hydrogens is 429 g/mol. The van der Waals surface area contributed by atoms with Gasteiger partial charge in [-0.1, -0.05) is 6.42 Å². The molecule has 1 fully saturated rings. The first kappa shape index (κ1) is 22.2. The van der Waals surface area contributed by atoms with Gasteiger partial charge in [0.2, 0.25) is 0 Å². The Morgan fingerprint density at radius 3 is 2.56 bits per heavy atom. The van der Waals surface area contributed by atoms with Gasteiger partial charge in [-0.3, -0.25) is 9.67 Å². The third kappa shape index (κ3) is 7.49. The molecule has 1 aliphatic rings. The number of aryl methyl sites for hydroxylation is 1. The fourth-order valence-electron chi connectivity index (χ4n) is 3.14. The van der Waals surface area contributed by atoms with Crippen LogP contribution >= 0.6 is 24.0 Å². The second kappa shape index (κ2) is 11.7. The lowest BCUT2D eigenvalue weighted by molar-refractivity contribution is 0.232. The number of nitrogens with one attached hydrogen (secondary N) is 2. The molecule has 1 unspecified atom stereocenters. The van der Waals surface area contributed by atoms with Gasteiger partial charge in [0.05, 0.1) is 12.2 Å². The summed E-state index contributed by atoms with van der Waals surface area (Å²) in [6.45, 7) is 5.27. The minimum atomic E-state index is 0. The summed E-state index contributed by atoms with van der Waals surface area (Å²) in [6.07, 6.45) is 8.05. The molecule has 0 aromatic carbocycles. The largest absolute Gasteiger partial charge is 0.355 e. The summed E-state index contributed by atoms with van der Waals surface area (Å²) in [5.41, 5.74) is 1.21. The Bertz CT molecular complexity index is 509. The molecule has 8 heteroatoms. The van der Waals surface area contributed by atoms with E-state index in [1.165, 1.54) is 37.9 Å². The zero-order chi connectivity index (χ0) is 17.4. The van der Waals surface area contributed by atoms with Crippen LogP contribution in [0, 0.1) is 0 Å². The number of hydrogen-bond acceptors (Lipinski definition) is 4. The molecule has 1 atom stereocenters. The van der Waals surface area contributed by atoms with Gasteiger partial charge in [0.15, 0.2) is 5.96 Å². The highest BCUT2D eigenvalue weighted by Crippen LogP contribution is 2.15. The number of aromatic nitrogens is 2. The number of piperidine rings is 1. The van der Waals surface area contributed by atoms with Crippen LogP contribution in [0.5, 0.6) is 0 Å². The van der Waals surface area contributed by atoms with Gasteiger partial charge in [-0.25, -0.2) is 0 Å². The third-order valence-electron chi connectivity index (χ3n) is 4.59. The van der Waals surface area contributed by atoms with Crippen molar-refractivity contribution in [2.24, 2.45) is 12.0 Å². The number of rotatable bonds is 7. The molecule has 1 aromatic heterocycles. The summed E-state index contributed by atoms with van der Waals surface area (Å²) < 4.78 is 1.84. The van der Waals surface area contributed by atoms with Crippen LogP contribution in [0.1, 0.15) is 30.9 Å². The van der Waals surface area contributed by atoms with E-state index < -0.39 is 0 Å². The maximum atomic E-state index is 4.34. The van der Waals surface area contributed by atoms with Gasteiger partial charge < -0.3 is 20.4 Å². The Hall–Kier alpha value is -0.870. The van der Waals surface area contributed by atoms with Crippen molar-refractivity contribution in [1.29, 1.82) is 0 Å².